The van der Waals surface area contributed by atoms with Crippen molar-refractivity contribution < 1.29 is 9.72 Å². The van der Waals surface area contributed by atoms with Crippen LogP contribution in [0.4, 0.5) is 11.4 Å². The van der Waals surface area contributed by atoms with Gasteiger partial charge in [-0.05, 0) is 43.9 Å². The first kappa shape index (κ1) is 20.7. The third kappa shape index (κ3) is 5.18. The highest BCUT2D eigenvalue weighted by atomic mass is 35.5. The number of likely N-dealkylation sites (N-methyl/N-ethyl adjacent to an activating group) is 1. The number of nitrogens with zero attached hydrogens (tertiary/aromatic N) is 3. The van der Waals surface area contributed by atoms with Crippen LogP contribution in [0.3, 0.4) is 0 Å². The molecule has 144 valence electrons. The molecule has 2 aromatic rings. The number of benzene rings is 2. The number of carbonyl (C=O) groups is 1. The van der Waals surface area contributed by atoms with Crippen molar-refractivity contribution in [2.45, 2.75) is 6.04 Å². The molecule has 0 aliphatic heterocycles. The largest absolute Gasteiger partial charge is 0.378 e. The molecule has 7 nitrogen and oxygen atoms in total. The van der Waals surface area contributed by atoms with Gasteiger partial charge in [0.1, 0.15) is 5.02 Å². The molecule has 0 saturated heterocycles. The van der Waals surface area contributed by atoms with E-state index in [0.29, 0.717) is 6.54 Å². The first-order valence-corrected chi connectivity index (χ1v) is 8.74. The summed E-state index contributed by atoms with van der Waals surface area (Å²) in [5.74, 6) is -0.383. The van der Waals surface area contributed by atoms with Gasteiger partial charge in [-0.25, -0.2) is 0 Å². The highest BCUT2D eigenvalue weighted by molar-refractivity contribution is 6.32. The third-order valence-corrected chi connectivity index (χ3v) is 4.60. The molecule has 1 atom stereocenters. The van der Waals surface area contributed by atoms with E-state index in [-0.39, 0.29) is 28.2 Å². The number of hydrogen-bond acceptors (Lipinski definition) is 5. The minimum atomic E-state index is -0.603. The molecule has 8 heteroatoms. The number of nitrogens with one attached hydrogen (secondary N) is 1. The Morgan fingerprint density at radius 2 is 1.78 bits per heavy atom. The van der Waals surface area contributed by atoms with Crippen LogP contribution in [-0.2, 0) is 0 Å². The van der Waals surface area contributed by atoms with Gasteiger partial charge in [0.05, 0.1) is 11.0 Å². The van der Waals surface area contributed by atoms with Gasteiger partial charge in [0.2, 0.25) is 0 Å². The van der Waals surface area contributed by atoms with E-state index in [4.69, 9.17) is 11.6 Å². The van der Waals surface area contributed by atoms with Crippen molar-refractivity contribution in [2.24, 2.45) is 0 Å². The highest BCUT2D eigenvalue weighted by Gasteiger charge is 2.19. The maximum absolute atomic E-state index is 12.4. The van der Waals surface area contributed by atoms with E-state index in [2.05, 4.69) is 5.32 Å². The molecular weight excluding hydrogens is 368 g/mol. The Morgan fingerprint density at radius 1 is 1.15 bits per heavy atom. The first-order chi connectivity index (χ1) is 12.7. The van der Waals surface area contributed by atoms with Crippen molar-refractivity contribution in [2.75, 3.05) is 39.6 Å². The maximum Gasteiger partial charge on any atom is 0.288 e. The summed E-state index contributed by atoms with van der Waals surface area (Å²) < 4.78 is 0. The molecule has 0 saturated carbocycles. The maximum atomic E-state index is 12.4. The van der Waals surface area contributed by atoms with E-state index < -0.39 is 4.92 Å². The smallest absolute Gasteiger partial charge is 0.288 e. The number of carbonyl (C=O) groups excluding carboxylic acids is 1. The second kappa shape index (κ2) is 8.83. The fourth-order valence-electron chi connectivity index (χ4n) is 2.68. The van der Waals surface area contributed by atoms with Gasteiger partial charge in [0.15, 0.2) is 0 Å². The van der Waals surface area contributed by atoms with Crippen LogP contribution in [0.1, 0.15) is 22.0 Å². The molecule has 0 aromatic heterocycles. The minimum Gasteiger partial charge on any atom is -0.378 e. The summed E-state index contributed by atoms with van der Waals surface area (Å²) in [5.41, 5.74) is 2.07. The van der Waals surface area contributed by atoms with Gasteiger partial charge in [0, 0.05) is 38.0 Å². The van der Waals surface area contributed by atoms with Crippen LogP contribution in [-0.4, -0.2) is 50.5 Å². The molecule has 1 N–H and O–H groups in total. The van der Waals surface area contributed by atoms with Crippen molar-refractivity contribution in [1.29, 1.82) is 0 Å². The summed E-state index contributed by atoms with van der Waals surface area (Å²) in [5, 5.41) is 13.8. The van der Waals surface area contributed by atoms with Crippen LogP contribution < -0.4 is 10.2 Å². The number of rotatable bonds is 7. The van der Waals surface area contributed by atoms with E-state index in [0.717, 1.165) is 11.3 Å². The molecule has 0 fully saturated rings. The molecule has 1 amide bonds. The van der Waals surface area contributed by atoms with Crippen molar-refractivity contribution in [3.8, 4) is 0 Å². The SMILES string of the molecule is CN(C)c1ccc([C@@H](CNC(=O)c2ccc(Cl)c([N+](=O)[O-])c2)N(C)C)cc1. The zero-order valence-electron chi connectivity index (χ0n) is 15.8. The lowest BCUT2D eigenvalue weighted by atomic mass is 10.0. The molecule has 27 heavy (non-hydrogen) atoms. The monoisotopic (exact) mass is 390 g/mol. The second-order valence-electron chi connectivity index (χ2n) is 6.60. The standard InChI is InChI=1S/C19H23ClN4O3/c1-22(2)15-8-5-13(6-9-15)18(23(3)4)12-21-19(25)14-7-10-16(20)17(11-14)24(26)27/h5-11,18H,12H2,1-4H3,(H,21,25)/t18-/m1/s1. The van der Waals surface area contributed by atoms with Gasteiger partial charge < -0.3 is 15.1 Å². The van der Waals surface area contributed by atoms with Crippen molar-refractivity contribution in [1.82, 2.24) is 10.2 Å². The Bertz CT molecular complexity index is 822. The predicted octanol–water partition coefficient (Wildman–Crippen LogP) is 3.35. The number of nitro benzene ring substituents is 1. The average molecular weight is 391 g/mol. The molecule has 0 unspecified atom stereocenters. The van der Waals surface area contributed by atoms with Crippen molar-refractivity contribution >= 4 is 28.9 Å². The lowest BCUT2D eigenvalue weighted by Crippen LogP contribution is -2.34. The van der Waals surface area contributed by atoms with Gasteiger partial charge in [-0.3, -0.25) is 14.9 Å². The quantitative estimate of drug-likeness (QED) is 0.579. The fraction of sp³-hybridized carbons (Fsp3) is 0.316. The van der Waals surface area contributed by atoms with E-state index >= 15 is 0 Å². The Balaban J connectivity index is 2.13. The predicted molar refractivity (Wildman–Crippen MR) is 108 cm³/mol. The zero-order valence-corrected chi connectivity index (χ0v) is 16.5. The Labute approximate surface area is 163 Å². The zero-order chi connectivity index (χ0) is 20.1. The molecule has 0 bridgehead atoms. The molecule has 0 heterocycles. The van der Waals surface area contributed by atoms with Crippen LogP contribution in [0.5, 0.6) is 0 Å². The van der Waals surface area contributed by atoms with Gasteiger partial charge >= 0.3 is 0 Å². The summed E-state index contributed by atoms with van der Waals surface area (Å²) >= 11 is 5.80. The Morgan fingerprint density at radius 3 is 2.30 bits per heavy atom. The third-order valence-electron chi connectivity index (χ3n) is 4.28. The molecular formula is C19H23ClN4O3. The first-order valence-electron chi connectivity index (χ1n) is 8.36. The van der Waals surface area contributed by atoms with Crippen molar-refractivity contribution in [3.05, 3.63) is 68.7 Å². The van der Waals surface area contributed by atoms with E-state index in [9.17, 15) is 14.9 Å². The summed E-state index contributed by atoms with van der Waals surface area (Å²) in [6.45, 7) is 0.365. The van der Waals surface area contributed by atoms with Crippen molar-refractivity contribution in [3.63, 3.8) is 0 Å². The van der Waals surface area contributed by atoms with Crippen LogP contribution in [0.2, 0.25) is 5.02 Å². The lowest BCUT2D eigenvalue weighted by molar-refractivity contribution is -0.384. The van der Waals surface area contributed by atoms with E-state index in [1.165, 1.54) is 18.2 Å². The number of hydrogen-bond donors (Lipinski definition) is 1. The summed E-state index contributed by atoms with van der Waals surface area (Å²) in [7, 11) is 7.82. The van der Waals surface area contributed by atoms with E-state index in [1.807, 2.05) is 62.3 Å². The molecule has 0 aliphatic carbocycles. The molecule has 0 aliphatic rings. The molecule has 2 aromatic carbocycles. The minimum absolute atomic E-state index is 0.00343. The Kier molecular flexibility index (Phi) is 6.76. The number of anilines is 1. The molecule has 0 spiro atoms. The Hall–Kier alpha value is -2.64. The lowest BCUT2D eigenvalue weighted by Gasteiger charge is -2.25. The second-order valence-corrected chi connectivity index (χ2v) is 7.01. The highest BCUT2D eigenvalue weighted by Crippen LogP contribution is 2.25. The number of amides is 1. The van der Waals surface area contributed by atoms with E-state index in [1.54, 1.807) is 0 Å². The number of nitro groups is 1. The summed E-state index contributed by atoms with van der Waals surface area (Å²) in [4.78, 5) is 26.8. The van der Waals surface area contributed by atoms with Gasteiger partial charge in [0.25, 0.3) is 11.6 Å². The van der Waals surface area contributed by atoms with Crippen LogP contribution >= 0.6 is 11.6 Å². The summed E-state index contributed by atoms with van der Waals surface area (Å²) in [6.07, 6.45) is 0. The normalized spacial score (nSPS) is 11.9. The average Bonchev–Trinajstić information content (AvgIpc) is 2.62. The molecule has 0 radical (unpaired) electrons. The van der Waals surface area contributed by atoms with Crippen LogP contribution in [0, 0.1) is 10.1 Å². The number of halogens is 1. The van der Waals surface area contributed by atoms with Gasteiger partial charge in [-0.1, -0.05) is 23.7 Å². The van der Waals surface area contributed by atoms with Gasteiger partial charge in [-0.15, -0.1) is 0 Å². The van der Waals surface area contributed by atoms with Crippen LogP contribution in [0.15, 0.2) is 42.5 Å². The molecule has 2 rings (SSSR count). The summed E-state index contributed by atoms with van der Waals surface area (Å²) in [6, 6.07) is 12.1. The van der Waals surface area contributed by atoms with Crippen LogP contribution in [0.25, 0.3) is 0 Å². The fourth-order valence-corrected chi connectivity index (χ4v) is 2.86. The van der Waals surface area contributed by atoms with Gasteiger partial charge in [-0.2, -0.15) is 0 Å². The topological polar surface area (TPSA) is 78.7 Å².